The first-order valence-corrected chi connectivity index (χ1v) is 4.45. The summed E-state index contributed by atoms with van der Waals surface area (Å²) in [6.07, 6.45) is 1.79. The molecule has 0 saturated carbocycles. The summed E-state index contributed by atoms with van der Waals surface area (Å²) in [5.74, 6) is -0.00583. The third-order valence-corrected chi connectivity index (χ3v) is 2.16. The first-order chi connectivity index (χ1) is 6.05. The molecule has 0 amide bonds. The fraction of sp³-hybridized carbons (Fsp3) is 0.333. The summed E-state index contributed by atoms with van der Waals surface area (Å²) in [5.41, 5.74) is 0.355. The van der Waals surface area contributed by atoms with Gasteiger partial charge < -0.3 is 5.11 Å². The molecule has 0 aliphatic rings. The molecule has 13 heavy (non-hydrogen) atoms. The molecule has 1 aromatic rings. The number of benzene rings is 1. The van der Waals surface area contributed by atoms with Gasteiger partial charge in [-0.15, -0.1) is 6.58 Å². The van der Waals surface area contributed by atoms with E-state index in [0.717, 1.165) is 5.56 Å². The van der Waals surface area contributed by atoms with Crippen molar-refractivity contribution in [2.45, 2.75) is 25.4 Å². The summed E-state index contributed by atoms with van der Waals surface area (Å²) < 4.78 is 0. The van der Waals surface area contributed by atoms with Crippen LogP contribution in [0.1, 0.15) is 25.3 Å². The molecule has 0 aromatic heterocycles. The van der Waals surface area contributed by atoms with Gasteiger partial charge >= 0.3 is 0 Å². The van der Waals surface area contributed by atoms with E-state index in [1.54, 1.807) is 19.9 Å². The second-order valence-electron chi connectivity index (χ2n) is 3.78. The summed E-state index contributed by atoms with van der Waals surface area (Å²) in [6, 6.07) is 9.91. The highest BCUT2D eigenvalue weighted by atomic mass is 16.3. The van der Waals surface area contributed by atoms with Crippen LogP contribution < -0.4 is 0 Å². The number of hydrogen-bond acceptors (Lipinski definition) is 1. The molecule has 1 aromatic carbocycles. The van der Waals surface area contributed by atoms with E-state index >= 15 is 0 Å². The zero-order valence-electron chi connectivity index (χ0n) is 8.20. The Morgan fingerprint density at radius 3 is 2.23 bits per heavy atom. The van der Waals surface area contributed by atoms with Crippen LogP contribution in [0, 0.1) is 0 Å². The predicted octanol–water partition coefficient (Wildman–Crippen LogP) is 2.73. The fourth-order valence-electron chi connectivity index (χ4n) is 1.49. The van der Waals surface area contributed by atoms with E-state index in [0.29, 0.717) is 0 Å². The lowest BCUT2D eigenvalue weighted by Crippen LogP contribution is -2.27. The van der Waals surface area contributed by atoms with Crippen molar-refractivity contribution in [2.24, 2.45) is 0 Å². The van der Waals surface area contributed by atoms with Crippen LogP contribution in [-0.2, 0) is 0 Å². The predicted molar refractivity (Wildman–Crippen MR) is 55.7 cm³/mol. The molecule has 0 unspecified atom stereocenters. The molecule has 1 heteroatoms. The maximum atomic E-state index is 9.86. The lowest BCUT2D eigenvalue weighted by Gasteiger charge is -2.26. The third kappa shape index (κ3) is 2.43. The van der Waals surface area contributed by atoms with E-state index in [1.807, 2.05) is 30.3 Å². The van der Waals surface area contributed by atoms with E-state index < -0.39 is 5.60 Å². The Bertz CT molecular complexity index is 269. The van der Waals surface area contributed by atoms with E-state index in [1.165, 1.54) is 0 Å². The first kappa shape index (κ1) is 10.0. The van der Waals surface area contributed by atoms with Gasteiger partial charge in [0.25, 0.3) is 0 Å². The van der Waals surface area contributed by atoms with Crippen molar-refractivity contribution in [1.29, 1.82) is 0 Å². The zero-order valence-corrected chi connectivity index (χ0v) is 8.20. The van der Waals surface area contributed by atoms with Gasteiger partial charge in [-0.1, -0.05) is 36.4 Å². The molecule has 0 bridgehead atoms. The van der Waals surface area contributed by atoms with E-state index in [-0.39, 0.29) is 5.92 Å². The smallest absolute Gasteiger partial charge is 0.0694 e. The maximum Gasteiger partial charge on any atom is 0.0694 e. The number of aliphatic hydroxyl groups is 1. The van der Waals surface area contributed by atoms with Gasteiger partial charge in [-0.3, -0.25) is 0 Å². The molecule has 70 valence electrons. The summed E-state index contributed by atoms with van der Waals surface area (Å²) in [5, 5.41) is 9.86. The molecule has 0 heterocycles. The van der Waals surface area contributed by atoms with Crippen LogP contribution in [0.5, 0.6) is 0 Å². The van der Waals surface area contributed by atoms with Crippen LogP contribution in [0.3, 0.4) is 0 Å². The quantitative estimate of drug-likeness (QED) is 0.702. The van der Waals surface area contributed by atoms with Crippen molar-refractivity contribution in [3.05, 3.63) is 48.6 Å². The molecule has 1 atom stereocenters. The highest BCUT2D eigenvalue weighted by Crippen LogP contribution is 2.28. The van der Waals surface area contributed by atoms with Crippen molar-refractivity contribution in [2.75, 3.05) is 0 Å². The van der Waals surface area contributed by atoms with Crippen LogP contribution in [-0.4, -0.2) is 10.7 Å². The van der Waals surface area contributed by atoms with Crippen LogP contribution in [0.25, 0.3) is 0 Å². The molecule has 0 fully saturated rings. The lowest BCUT2D eigenvalue weighted by atomic mass is 9.85. The van der Waals surface area contributed by atoms with E-state index in [9.17, 15) is 5.11 Å². The Morgan fingerprint density at radius 2 is 1.85 bits per heavy atom. The lowest BCUT2D eigenvalue weighted by molar-refractivity contribution is 0.0652. The Kier molecular flexibility index (Phi) is 2.89. The van der Waals surface area contributed by atoms with Crippen molar-refractivity contribution in [3.63, 3.8) is 0 Å². The van der Waals surface area contributed by atoms with Crippen LogP contribution in [0.2, 0.25) is 0 Å². The molecule has 0 spiro atoms. The van der Waals surface area contributed by atoms with E-state index in [4.69, 9.17) is 0 Å². The van der Waals surface area contributed by atoms with Gasteiger partial charge in [0.15, 0.2) is 0 Å². The standard InChI is InChI=1S/C12H16O/c1-4-11(12(2,3)13)10-8-6-5-7-9-10/h4-9,11,13H,1H2,2-3H3/t11-/m0/s1. The Hall–Kier alpha value is -1.08. The average Bonchev–Trinajstić information content (AvgIpc) is 2.05. The highest BCUT2D eigenvalue weighted by Gasteiger charge is 2.24. The third-order valence-electron chi connectivity index (χ3n) is 2.16. The minimum absolute atomic E-state index is 0.00583. The summed E-state index contributed by atoms with van der Waals surface area (Å²) in [4.78, 5) is 0. The SMILES string of the molecule is C=C[C@@H](c1ccccc1)C(C)(C)O. The fourth-order valence-corrected chi connectivity index (χ4v) is 1.49. The second kappa shape index (κ2) is 3.75. The van der Waals surface area contributed by atoms with Gasteiger partial charge in [0, 0.05) is 5.92 Å². The minimum Gasteiger partial charge on any atom is -0.390 e. The van der Waals surface area contributed by atoms with Crippen molar-refractivity contribution in [3.8, 4) is 0 Å². The molecule has 0 saturated heterocycles. The van der Waals surface area contributed by atoms with Crippen LogP contribution >= 0.6 is 0 Å². The largest absolute Gasteiger partial charge is 0.390 e. The van der Waals surface area contributed by atoms with Crippen molar-refractivity contribution >= 4 is 0 Å². The summed E-state index contributed by atoms with van der Waals surface area (Å²) in [7, 11) is 0. The molecule has 1 rings (SSSR count). The summed E-state index contributed by atoms with van der Waals surface area (Å²) >= 11 is 0. The second-order valence-corrected chi connectivity index (χ2v) is 3.78. The summed E-state index contributed by atoms with van der Waals surface area (Å²) in [6.45, 7) is 7.34. The number of rotatable bonds is 3. The molecule has 1 nitrogen and oxygen atoms in total. The molecular formula is C12H16O. The average molecular weight is 176 g/mol. The molecule has 0 radical (unpaired) electrons. The van der Waals surface area contributed by atoms with E-state index in [2.05, 4.69) is 6.58 Å². The van der Waals surface area contributed by atoms with Crippen molar-refractivity contribution in [1.82, 2.24) is 0 Å². The Balaban J connectivity index is 2.99. The van der Waals surface area contributed by atoms with Gasteiger partial charge in [-0.2, -0.15) is 0 Å². The Labute approximate surface area is 79.7 Å². The van der Waals surface area contributed by atoms with Gasteiger partial charge in [0.05, 0.1) is 5.60 Å². The minimum atomic E-state index is -0.747. The number of hydrogen-bond donors (Lipinski definition) is 1. The topological polar surface area (TPSA) is 20.2 Å². The highest BCUT2D eigenvalue weighted by molar-refractivity contribution is 5.26. The maximum absolute atomic E-state index is 9.86. The van der Waals surface area contributed by atoms with Crippen LogP contribution in [0.15, 0.2) is 43.0 Å². The van der Waals surface area contributed by atoms with Gasteiger partial charge in [0.2, 0.25) is 0 Å². The normalized spacial score (nSPS) is 13.8. The zero-order chi connectivity index (χ0) is 9.90. The monoisotopic (exact) mass is 176 g/mol. The molecular weight excluding hydrogens is 160 g/mol. The Morgan fingerprint density at radius 1 is 1.31 bits per heavy atom. The molecule has 0 aliphatic heterocycles. The molecule has 1 N–H and O–H groups in total. The van der Waals surface area contributed by atoms with Crippen molar-refractivity contribution < 1.29 is 5.11 Å². The van der Waals surface area contributed by atoms with Gasteiger partial charge in [0.1, 0.15) is 0 Å². The molecule has 0 aliphatic carbocycles. The van der Waals surface area contributed by atoms with Crippen LogP contribution in [0.4, 0.5) is 0 Å². The van der Waals surface area contributed by atoms with Gasteiger partial charge in [-0.25, -0.2) is 0 Å². The van der Waals surface area contributed by atoms with Gasteiger partial charge in [-0.05, 0) is 19.4 Å². The first-order valence-electron chi connectivity index (χ1n) is 4.45.